The van der Waals surface area contributed by atoms with E-state index in [2.05, 4.69) is 15.6 Å². The van der Waals surface area contributed by atoms with Gasteiger partial charge in [0.2, 0.25) is 11.8 Å². The number of aromatic amines is 1. The van der Waals surface area contributed by atoms with Gasteiger partial charge in [-0.05, 0) is 30.0 Å². The zero-order chi connectivity index (χ0) is 25.4. The van der Waals surface area contributed by atoms with Gasteiger partial charge in [0.05, 0.1) is 6.04 Å². The summed E-state index contributed by atoms with van der Waals surface area (Å²) in [5.74, 6) is -3.83. The van der Waals surface area contributed by atoms with Gasteiger partial charge >= 0.3 is 11.9 Å². The third-order valence-corrected chi connectivity index (χ3v) is 5.63. The summed E-state index contributed by atoms with van der Waals surface area (Å²) in [6, 6.07) is 12.8. The largest absolute Gasteiger partial charge is 0.481 e. The van der Waals surface area contributed by atoms with E-state index in [1.807, 2.05) is 24.3 Å². The number of rotatable bonds is 12. The average molecular weight is 481 g/mol. The minimum absolute atomic E-state index is 0.0294. The maximum Gasteiger partial charge on any atom is 0.326 e. The van der Waals surface area contributed by atoms with Crippen LogP contribution < -0.4 is 16.4 Å². The van der Waals surface area contributed by atoms with Gasteiger partial charge in [0.25, 0.3) is 0 Å². The Morgan fingerprint density at radius 3 is 2.20 bits per heavy atom. The number of hydrogen-bond acceptors (Lipinski definition) is 5. The number of aliphatic carboxylic acids is 2. The van der Waals surface area contributed by atoms with E-state index in [4.69, 9.17) is 10.8 Å². The number of carboxylic acid groups (broad SMARTS) is 2. The van der Waals surface area contributed by atoms with Crippen LogP contribution >= 0.6 is 0 Å². The van der Waals surface area contributed by atoms with Crippen LogP contribution in [0.4, 0.5) is 0 Å². The number of carbonyl (C=O) groups is 4. The summed E-state index contributed by atoms with van der Waals surface area (Å²) >= 11 is 0. The first-order chi connectivity index (χ1) is 16.7. The third-order valence-electron chi connectivity index (χ3n) is 5.63. The molecule has 2 amide bonds. The van der Waals surface area contributed by atoms with Gasteiger partial charge in [-0.2, -0.15) is 0 Å². The van der Waals surface area contributed by atoms with E-state index in [1.54, 1.807) is 36.5 Å². The molecule has 0 radical (unpaired) electrons. The molecule has 7 N–H and O–H groups in total. The van der Waals surface area contributed by atoms with Crippen molar-refractivity contribution in [3.05, 3.63) is 71.9 Å². The van der Waals surface area contributed by atoms with Gasteiger partial charge in [-0.15, -0.1) is 0 Å². The molecule has 3 atom stereocenters. The molecule has 0 saturated heterocycles. The van der Waals surface area contributed by atoms with Gasteiger partial charge in [0.15, 0.2) is 0 Å². The Morgan fingerprint density at radius 2 is 1.51 bits per heavy atom. The monoisotopic (exact) mass is 480 g/mol. The molecule has 10 heteroatoms. The number of nitrogens with two attached hydrogens (primary N) is 1. The molecule has 184 valence electrons. The minimum Gasteiger partial charge on any atom is -0.481 e. The molecule has 1 heterocycles. The molecule has 0 aliphatic carbocycles. The number of aromatic nitrogens is 1. The molecule has 3 rings (SSSR count). The van der Waals surface area contributed by atoms with Crippen LogP contribution in [-0.4, -0.2) is 57.1 Å². The Balaban J connectivity index is 1.68. The SMILES string of the molecule is N[C@@H](Cc1c[nH]c2ccccc12)C(=O)N[C@@H](CCC(=O)O)C(=O)N[C@@H](Cc1ccccc1)C(=O)O. The molecular formula is C25H28N4O6. The molecule has 2 aromatic carbocycles. The molecular weight excluding hydrogens is 452 g/mol. The lowest BCUT2D eigenvalue weighted by Gasteiger charge is -2.22. The summed E-state index contributed by atoms with van der Waals surface area (Å²) in [6.45, 7) is 0. The lowest BCUT2D eigenvalue weighted by molar-refractivity contribution is -0.143. The van der Waals surface area contributed by atoms with E-state index in [1.165, 1.54) is 0 Å². The van der Waals surface area contributed by atoms with Crippen LogP contribution in [0.3, 0.4) is 0 Å². The van der Waals surface area contributed by atoms with Crippen molar-refractivity contribution in [2.24, 2.45) is 5.73 Å². The fourth-order valence-electron chi connectivity index (χ4n) is 3.77. The highest BCUT2D eigenvalue weighted by Gasteiger charge is 2.29. The van der Waals surface area contributed by atoms with Gasteiger partial charge in [0.1, 0.15) is 12.1 Å². The van der Waals surface area contributed by atoms with Crippen molar-refractivity contribution < 1.29 is 29.4 Å². The predicted octanol–water partition coefficient (Wildman–Crippen LogP) is 1.20. The number of H-pyrrole nitrogens is 1. The molecule has 0 fully saturated rings. The second-order valence-corrected chi connectivity index (χ2v) is 8.25. The number of amides is 2. The number of nitrogens with one attached hydrogen (secondary N) is 3. The summed E-state index contributed by atoms with van der Waals surface area (Å²) in [5.41, 5.74) is 8.51. The smallest absolute Gasteiger partial charge is 0.326 e. The topological polar surface area (TPSA) is 175 Å². The van der Waals surface area contributed by atoms with Gasteiger partial charge < -0.3 is 31.6 Å². The summed E-state index contributed by atoms with van der Waals surface area (Å²) in [7, 11) is 0. The van der Waals surface area contributed by atoms with E-state index in [9.17, 15) is 24.3 Å². The summed E-state index contributed by atoms with van der Waals surface area (Å²) < 4.78 is 0. The van der Waals surface area contributed by atoms with Crippen molar-refractivity contribution in [1.82, 2.24) is 15.6 Å². The van der Waals surface area contributed by atoms with Crippen molar-refractivity contribution in [2.75, 3.05) is 0 Å². The van der Waals surface area contributed by atoms with Crippen molar-refractivity contribution in [3.63, 3.8) is 0 Å². The Kier molecular flexibility index (Phi) is 8.58. The van der Waals surface area contributed by atoms with Crippen LogP contribution in [0.1, 0.15) is 24.0 Å². The van der Waals surface area contributed by atoms with Crippen LogP contribution in [0.15, 0.2) is 60.8 Å². The van der Waals surface area contributed by atoms with Gasteiger partial charge in [0, 0.05) is 29.9 Å². The van der Waals surface area contributed by atoms with Crippen LogP contribution in [0, 0.1) is 0 Å². The Morgan fingerprint density at radius 1 is 0.857 bits per heavy atom. The Bertz CT molecular complexity index is 1190. The fraction of sp³-hybridized carbons (Fsp3) is 0.280. The fourth-order valence-corrected chi connectivity index (χ4v) is 3.77. The number of carbonyl (C=O) groups excluding carboxylic acids is 2. The third kappa shape index (κ3) is 7.15. The highest BCUT2D eigenvalue weighted by atomic mass is 16.4. The summed E-state index contributed by atoms with van der Waals surface area (Å²) in [5, 5.41) is 24.4. The van der Waals surface area contributed by atoms with Crippen LogP contribution in [0.5, 0.6) is 0 Å². The van der Waals surface area contributed by atoms with E-state index in [-0.39, 0.29) is 19.3 Å². The zero-order valence-electron chi connectivity index (χ0n) is 18.9. The maximum absolute atomic E-state index is 12.9. The molecule has 35 heavy (non-hydrogen) atoms. The van der Waals surface area contributed by atoms with Crippen LogP contribution in [0.2, 0.25) is 0 Å². The van der Waals surface area contributed by atoms with E-state index in [0.29, 0.717) is 5.56 Å². The normalized spacial score (nSPS) is 13.5. The second kappa shape index (κ2) is 11.8. The molecule has 3 aromatic rings. The lowest BCUT2D eigenvalue weighted by Crippen LogP contribution is -2.55. The summed E-state index contributed by atoms with van der Waals surface area (Å²) in [4.78, 5) is 51.6. The number of fused-ring (bicyclic) bond motifs is 1. The van der Waals surface area contributed by atoms with Crippen molar-refractivity contribution in [1.29, 1.82) is 0 Å². The molecule has 1 aromatic heterocycles. The maximum atomic E-state index is 12.9. The zero-order valence-corrected chi connectivity index (χ0v) is 18.9. The number of benzene rings is 2. The van der Waals surface area contributed by atoms with Crippen molar-refractivity contribution >= 4 is 34.7 Å². The molecule has 10 nitrogen and oxygen atoms in total. The first-order valence-corrected chi connectivity index (χ1v) is 11.1. The number of para-hydroxylation sites is 1. The first kappa shape index (κ1) is 25.4. The van der Waals surface area contributed by atoms with Gasteiger partial charge in [-0.3, -0.25) is 14.4 Å². The highest BCUT2D eigenvalue weighted by molar-refractivity contribution is 5.92. The highest BCUT2D eigenvalue weighted by Crippen LogP contribution is 2.19. The molecule has 0 unspecified atom stereocenters. The Labute approximate surface area is 201 Å². The van der Waals surface area contributed by atoms with Gasteiger partial charge in [-0.25, -0.2) is 4.79 Å². The molecule has 0 aliphatic heterocycles. The standard InChI is InChI=1S/C25H28N4O6/c26-18(13-16-14-27-19-9-5-4-8-17(16)19)23(32)28-20(10-11-22(30)31)24(33)29-21(25(34)35)12-15-6-2-1-3-7-15/h1-9,14,18,20-21,27H,10-13,26H2,(H,28,32)(H,29,33)(H,30,31)(H,34,35)/t18-,20-,21-/m0/s1. The predicted molar refractivity (Wildman–Crippen MR) is 128 cm³/mol. The van der Waals surface area contributed by atoms with E-state index >= 15 is 0 Å². The van der Waals surface area contributed by atoms with E-state index in [0.717, 1.165) is 16.5 Å². The average Bonchev–Trinajstić information content (AvgIpc) is 3.24. The quantitative estimate of drug-likeness (QED) is 0.226. The number of carboxylic acids is 2. The lowest BCUT2D eigenvalue weighted by atomic mass is 10.0. The molecule has 0 saturated carbocycles. The Hall–Kier alpha value is -4.18. The minimum atomic E-state index is -1.26. The number of hydrogen-bond donors (Lipinski definition) is 6. The second-order valence-electron chi connectivity index (χ2n) is 8.25. The van der Waals surface area contributed by atoms with Crippen molar-refractivity contribution in [3.8, 4) is 0 Å². The van der Waals surface area contributed by atoms with Crippen LogP contribution in [0.25, 0.3) is 10.9 Å². The molecule has 0 aliphatic rings. The molecule has 0 spiro atoms. The van der Waals surface area contributed by atoms with Gasteiger partial charge in [-0.1, -0.05) is 48.5 Å². The van der Waals surface area contributed by atoms with Crippen LogP contribution in [-0.2, 0) is 32.0 Å². The summed E-state index contributed by atoms with van der Waals surface area (Å²) in [6.07, 6.45) is 1.36. The molecule has 0 bridgehead atoms. The van der Waals surface area contributed by atoms with E-state index < -0.39 is 48.3 Å². The van der Waals surface area contributed by atoms with Crippen molar-refractivity contribution in [2.45, 2.75) is 43.8 Å². The first-order valence-electron chi connectivity index (χ1n) is 11.1.